The zero-order chi connectivity index (χ0) is 17.2. The highest BCUT2D eigenvalue weighted by Crippen LogP contribution is 2.30. The zero-order valence-electron chi connectivity index (χ0n) is 11.3. The number of carboxylic acids is 1. The Hall–Kier alpha value is -2.61. The van der Waals surface area contributed by atoms with Gasteiger partial charge in [0.15, 0.2) is 6.10 Å². The molecule has 23 heavy (non-hydrogen) atoms. The minimum absolute atomic E-state index is 0.0565. The van der Waals surface area contributed by atoms with Gasteiger partial charge in [-0.1, -0.05) is 24.3 Å². The van der Waals surface area contributed by atoms with Gasteiger partial charge < -0.3 is 14.9 Å². The SMILES string of the molecule is O=C(O)C(O)c1ccc(-c2cccc(OC(F)(F)F)c2)c(F)c1. The Morgan fingerprint density at radius 2 is 1.83 bits per heavy atom. The zero-order valence-corrected chi connectivity index (χ0v) is 11.3. The summed E-state index contributed by atoms with van der Waals surface area (Å²) in [5, 5.41) is 18.0. The Kier molecular flexibility index (Phi) is 4.55. The molecule has 2 aromatic carbocycles. The summed E-state index contributed by atoms with van der Waals surface area (Å²) in [6, 6.07) is 7.85. The number of carbonyl (C=O) groups is 1. The fourth-order valence-corrected chi connectivity index (χ4v) is 1.94. The van der Waals surface area contributed by atoms with E-state index in [9.17, 15) is 27.5 Å². The molecule has 122 valence electrons. The first-order valence-electron chi connectivity index (χ1n) is 6.24. The van der Waals surface area contributed by atoms with Gasteiger partial charge in [0.2, 0.25) is 0 Å². The number of hydrogen-bond acceptors (Lipinski definition) is 3. The van der Waals surface area contributed by atoms with Gasteiger partial charge in [0.1, 0.15) is 11.6 Å². The van der Waals surface area contributed by atoms with Crippen molar-refractivity contribution < 1.29 is 37.3 Å². The van der Waals surface area contributed by atoms with Crippen LogP contribution in [0.4, 0.5) is 17.6 Å². The Labute approximate surface area is 127 Å². The Balaban J connectivity index is 2.36. The second-order valence-corrected chi connectivity index (χ2v) is 4.56. The van der Waals surface area contributed by atoms with Crippen LogP contribution >= 0.6 is 0 Å². The van der Waals surface area contributed by atoms with E-state index in [1.807, 2.05) is 0 Å². The molecule has 0 aliphatic heterocycles. The number of rotatable bonds is 4. The lowest BCUT2D eigenvalue weighted by molar-refractivity contribution is -0.274. The van der Waals surface area contributed by atoms with E-state index in [0.29, 0.717) is 0 Å². The minimum Gasteiger partial charge on any atom is -0.479 e. The van der Waals surface area contributed by atoms with E-state index < -0.39 is 30.0 Å². The molecular formula is C15H10F4O4. The van der Waals surface area contributed by atoms with Gasteiger partial charge in [-0.15, -0.1) is 13.2 Å². The van der Waals surface area contributed by atoms with Crippen LogP contribution in [-0.2, 0) is 4.79 Å². The average Bonchev–Trinajstić information content (AvgIpc) is 2.44. The van der Waals surface area contributed by atoms with Crippen LogP contribution < -0.4 is 4.74 Å². The Morgan fingerprint density at radius 3 is 2.39 bits per heavy atom. The van der Waals surface area contributed by atoms with Gasteiger partial charge in [0, 0.05) is 5.56 Å². The number of aliphatic hydroxyl groups excluding tert-OH is 1. The van der Waals surface area contributed by atoms with Crippen molar-refractivity contribution in [3.05, 3.63) is 53.8 Å². The molecule has 0 spiro atoms. The molecule has 8 heteroatoms. The lowest BCUT2D eigenvalue weighted by Crippen LogP contribution is -2.17. The summed E-state index contributed by atoms with van der Waals surface area (Å²) in [7, 11) is 0. The number of ether oxygens (including phenoxy) is 1. The second kappa shape index (κ2) is 6.25. The summed E-state index contributed by atoms with van der Waals surface area (Å²) >= 11 is 0. The van der Waals surface area contributed by atoms with Crippen molar-refractivity contribution in [3.63, 3.8) is 0 Å². The molecule has 0 heterocycles. The van der Waals surface area contributed by atoms with Crippen LogP contribution in [0, 0.1) is 5.82 Å². The van der Waals surface area contributed by atoms with Crippen molar-refractivity contribution in [1.82, 2.24) is 0 Å². The van der Waals surface area contributed by atoms with Crippen LogP contribution in [0.3, 0.4) is 0 Å². The number of aliphatic carboxylic acids is 1. The standard InChI is InChI=1S/C15H10F4O4/c16-12-7-9(13(20)14(21)22)4-5-11(12)8-2-1-3-10(6-8)23-15(17,18)19/h1-7,13,20H,(H,21,22). The maximum absolute atomic E-state index is 14.1. The van der Waals surface area contributed by atoms with Gasteiger partial charge in [-0.2, -0.15) is 0 Å². The van der Waals surface area contributed by atoms with Crippen molar-refractivity contribution in [2.45, 2.75) is 12.5 Å². The number of halogens is 4. The Morgan fingerprint density at radius 1 is 1.13 bits per heavy atom. The summed E-state index contributed by atoms with van der Waals surface area (Å²) in [4.78, 5) is 10.6. The van der Waals surface area contributed by atoms with E-state index in [1.165, 1.54) is 24.3 Å². The third kappa shape index (κ3) is 4.19. The van der Waals surface area contributed by atoms with Crippen molar-refractivity contribution in [2.24, 2.45) is 0 Å². The van der Waals surface area contributed by atoms with Gasteiger partial charge in [0.25, 0.3) is 0 Å². The molecule has 0 saturated carbocycles. The smallest absolute Gasteiger partial charge is 0.479 e. The number of aliphatic hydroxyl groups is 1. The van der Waals surface area contributed by atoms with Crippen LogP contribution in [0.1, 0.15) is 11.7 Å². The predicted molar refractivity (Wildman–Crippen MR) is 71.1 cm³/mol. The predicted octanol–water partition coefficient (Wildman–Crippen LogP) is 3.51. The van der Waals surface area contributed by atoms with E-state index >= 15 is 0 Å². The lowest BCUT2D eigenvalue weighted by atomic mass is 10.0. The Bertz CT molecular complexity index is 728. The molecule has 0 aromatic heterocycles. The highest BCUT2D eigenvalue weighted by atomic mass is 19.4. The van der Waals surface area contributed by atoms with Gasteiger partial charge >= 0.3 is 12.3 Å². The molecule has 0 aliphatic rings. The van der Waals surface area contributed by atoms with Crippen LogP contribution in [0.2, 0.25) is 0 Å². The monoisotopic (exact) mass is 330 g/mol. The normalized spacial score (nSPS) is 12.7. The first kappa shape index (κ1) is 16.8. The van der Waals surface area contributed by atoms with Crippen LogP contribution in [0.15, 0.2) is 42.5 Å². The number of alkyl halides is 3. The first-order valence-corrected chi connectivity index (χ1v) is 6.24. The minimum atomic E-state index is -4.87. The van der Waals surface area contributed by atoms with E-state index in [1.54, 1.807) is 0 Å². The van der Waals surface area contributed by atoms with Gasteiger partial charge in [-0.3, -0.25) is 0 Å². The molecule has 2 aromatic rings. The molecule has 2 N–H and O–H groups in total. The fraction of sp³-hybridized carbons (Fsp3) is 0.133. The summed E-state index contributed by atoms with van der Waals surface area (Å²) in [5.41, 5.74) is -0.124. The van der Waals surface area contributed by atoms with E-state index in [2.05, 4.69) is 4.74 Å². The molecule has 0 amide bonds. The third-order valence-corrected chi connectivity index (χ3v) is 2.92. The third-order valence-electron chi connectivity index (χ3n) is 2.92. The molecule has 1 unspecified atom stereocenters. The van der Waals surface area contributed by atoms with Crippen LogP contribution in [-0.4, -0.2) is 22.5 Å². The van der Waals surface area contributed by atoms with Gasteiger partial charge in [-0.05, 0) is 29.3 Å². The quantitative estimate of drug-likeness (QED) is 0.842. The summed E-state index contributed by atoms with van der Waals surface area (Å²) in [6.45, 7) is 0. The largest absolute Gasteiger partial charge is 0.573 e. The molecule has 4 nitrogen and oxygen atoms in total. The van der Waals surface area contributed by atoms with Crippen LogP contribution in [0.5, 0.6) is 5.75 Å². The average molecular weight is 330 g/mol. The van der Waals surface area contributed by atoms with Gasteiger partial charge in [0.05, 0.1) is 0 Å². The number of benzene rings is 2. The van der Waals surface area contributed by atoms with Crippen molar-refractivity contribution >= 4 is 5.97 Å². The summed E-state index contributed by atoms with van der Waals surface area (Å²) in [6.07, 6.45) is -6.76. The number of hydrogen-bond donors (Lipinski definition) is 2. The molecule has 1 atom stereocenters. The molecule has 0 fully saturated rings. The first-order chi connectivity index (χ1) is 10.7. The van der Waals surface area contributed by atoms with Gasteiger partial charge in [-0.25, -0.2) is 9.18 Å². The van der Waals surface area contributed by atoms with Crippen molar-refractivity contribution in [2.75, 3.05) is 0 Å². The summed E-state index contributed by atoms with van der Waals surface area (Å²) < 4.78 is 54.4. The highest BCUT2D eigenvalue weighted by Gasteiger charge is 2.31. The molecule has 0 bridgehead atoms. The molecule has 2 rings (SSSR count). The second-order valence-electron chi connectivity index (χ2n) is 4.56. The highest BCUT2D eigenvalue weighted by molar-refractivity contribution is 5.75. The number of carboxylic acid groups (broad SMARTS) is 1. The van der Waals surface area contributed by atoms with Crippen molar-refractivity contribution in [3.8, 4) is 16.9 Å². The maximum atomic E-state index is 14.1. The summed E-state index contributed by atoms with van der Waals surface area (Å²) in [5.74, 6) is -2.94. The topological polar surface area (TPSA) is 66.8 Å². The van der Waals surface area contributed by atoms with Crippen LogP contribution in [0.25, 0.3) is 11.1 Å². The van der Waals surface area contributed by atoms with E-state index in [4.69, 9.17) is 5.11 Å². The lowest BCUT2D eigenvalue weighted by Gasteiger charge is -2.12. The van der Waals surface area contributed by atoms with E-state index in [-0.39, 0.29) is 16.7 Å². The van der Waals surface area contributed by atoms with Crippen molar-refractivity contribution in [1.29, 1.82) is 0 Å². The van der Waals surface area contributed by atoms with E-state index in [0.717, 1.165) is 18.2 Å². The molecule has 0 aliphatic carbocycles. The molecule has 0 radical (unpaired) electrons. The maximum Gasteiger partial charge on any atom is 0.573 e. The molecule has 0 saturated heterocycles. The fourth-order valence-electron chi connectivity index (χ4n) is 1.94. The molecular weight excluding hydrogens is 320 g/mol.